The molecule has 0 unspecified atom stereocenters. The van der Waals surface area contributed by atoms with Crippen LogP contribution in [0.4, 0.5) is 24.5 Å². The molecule has 1 fully saturated rings. The van der Waals surface area contributed by atoms with Gasteiger partial charge in [0.2, 0.25) is 11.8 Å². The summed E-state index contributed by atoms with van der Waals surface area (Å²) in [4.78, 5) is 39.4. The van der Waals surface area contributed by atoms with Gasteiger partial charge in [0.1, 0.15) is 30.0 Å². The van der Waals surface area contributed by atoms with Gasteiger partial charge < -0.3 is 35.8 Å². The number of ether oxygens (including phenoxy) is 1. The van der Waals surface area contributed by atoms with Gasteiger partial charge in [-0.25, -0.2) is 0 Å². The number of phenols is 1. The Morgan fingerprint density at radius 3 is 2.36 bits per heavy atom. The predicted molar refractivity (Wildman–Crippen MR) is 147 cm³/mol. The van der Waals surface area contributed by atoms with Gasteiger partial charge in [-0.2, -0.15) is 13.2 Å². The number of nitrogens with two attached hydrogens (primary N) is 1. The first-order valence-corrected chi connectivity index (χ1v) is 12.8. The minimum absolute atomic E-state index is 0.158. The second kappa shape index (κ2) is 13.2. The summed E-state index contributed by atoms with van der Waals surface area (Å²) in [7, 11) is 0. The van der Waals surface area contributed by atoms with Gasteiger partial charge in [-0.05, 0) is 43.3 Å². The monoisotopic (exact) mass is 592 g/mol. The Morgan fingerprint density at radius 2 is 1.79 bits per heavy atom. The number of hydrogen-bond acceptors (Lipinski definition) is 7. The van der Waals surface area contributed by atoms with Gasteiger partial charge in [-0.3, -0.25) is 25.2 Å². The van der Waals surface area contributed by atoms with Crippen molar-refractivity contribution in [3.63, 3.8) is 0 Å². The highest BCUT2D eigenvalue weighted by Gasteiger charge is 2.37. The molecular weight excluding hydrogens is 561 g/mol. The summed E-state index contributed by atoms with van der Waals surface area (Å²) in [5, 5.41) is 36.6. The van der Waals surface area contributed by atoms with Crippen LogP contribution in [-0.4, -0.2) is 70.3 Å². The average molecular weight is 593 g/mol. The molecule has 2 amide bonds. The third kappa shape index (κ3) is 8.34. The molecule has 2 aromatic carbocycles. The fourth-order valence-electron chi connectivity index (χ4n) is 4.31. The Labute approximate surface area is 238 Å². The summed E-state index contributed by atoms with van der Waals surface area (Å²) < 4.78 is 48.1. The Bertz CT molecular complexity index is 1370. The van der Waals surface area contributed by atoms with Crippen molar-refractivity contribution in [2.24, 2.45) is 5.73 Å². The lowest BCUT2D eigenvalue weighted by Crippen LogP contribution is -2.40. The number of anilines is 2. The van der Waals surface area contributed by atoms with E-state index in [0.29, 0.717) is 42.7 Å². The number of halogens is 3. The van der Waals surface area contributed by atoms with Gasteiger partial charge >= 0.3 is 12.1 Å². The molecule has 0 radical (unpaired) electrons. The molecule has 0 atom stereocenters. The minimum Gasteiger partial charge on any atom is -0.506 e. The molecule has 12 nitrogen and oxygen atoms in total. The van der Waals surface area contributed by atoms with Crippen molar-refractivity contribution in [1.82, 2.24) is 4.90 Å². The molecular formula is C27H31F3N6O6. The molecule has 1 aliphatic heterocycles. The third-order valence-electron chi connectivity index (χ3n) is 6.53. The molecule has 0 saturated carbocycles. The van der Waals surface area contributed by atoms with E-state index in [0.717, 1.165) is 6.07 Å². The van der Waals surface area contributed by atoms with Crippen molar-refractivity contribution in [3.05, 3.63) is 47.5 Å². The second-order valence-corrected chi connectivity index (χ2v) is 9.64. The van der Waals surface area contributed by atoms with Gasteiger partial charge in [0, 0.05) is 43.6 Å². The molecule has 15 heteroatoms. The highest BCUT2D eigenvalue weighted by atomic mass is 19.4. The first-order valence-electron chi connectivity index (χ1n) is 12.8. The maximum Gasteiger partial charge on any atom is 0.420 e. The summed E-state index contributed by atoms with van der Waals surface area (Å²) in [6, 6.07) is 6.58. The lowest BCUT2D eigenvalue weighted by molar-refractivity contribution is -0.139. The number of aliphatic carboxylic acids is 1. The maximum absolute atomic E-state index is 14.1. The zero-order valence-corrected chi connectivity index (χ0v) is 22.6. The number of benzene rings is 2. The largest absolute Gasteiger partial charge is 0.506 e. The lowest BCUT2D eigenvalue weighted by Gasteiger charge is -2.33. The summed E-state index contributed by atoms with van der Waals surface area (Å²) in [6.07, 6.45) is -5.86. The Hall–Kier alpha value is -4.82. The summed E-state index contributed by atoms with van der Waals surface area (Å²) in [6.45, 7) is 1.70. The fourth-order valence-corrected chi connectivity index (χ4v) is 4.31. The molecule has 7 N–H and O–H groups in total. The first-order chi connectivity index (χ1) is 19.6. The quantitative estimate of drug-likeness (QED) is 0.137. The van der Waals surface area contributed by atoms with E-state index >= 15 is 0 Å². The van der Waals surface area contributed by atoms with Crippen molar-refractivity contribution in [2.45, 2.75) is 44.9 Å². The summed E-state index contributed by atoms with van der Waals surface area (Å²) in [5.41, 5.74) is 3.93. The number of piperidine rings is 1. The molecule has 0 aliphatic carbocycles. The number of likely N-dealkylation sites (tertiary alicyclic amines) is 1. The predicted octanol–water partition coefficient (Wildman–Crippen LogP) is 3.37. The molecule has 0 spiro atoms. The number of rotatable bonds is 10. The minimum atomic E-state index is -4.89. The molecule has 226 valence electrons. The first kappa shape index (κ1) is 31.7. The van der Waals surface area contributed by atoms with Gasteiger partial charge in [0.15, 0.2) is 0 Å². The highest BCUT2D eigenvalue weighted by molar-refractivity contribution is 6.04. The molecule has 0 aromatic heterocycles. The van der Waals surface area contributed by atoms with Crippen LogP contribution in [0.15, 0.2) is 36.4 Å². The van der Waals surface area contributed by atoms with Crippen LogP contribution in [0, 0.1) is 10.8 Å². The van der Waals surface area contributed by atoms with E-state index in [2.05, 4.69) is 5.32 Å². The van der Waals surface area contributed by atoms with E-state index in [4.69, 9.17) is 26.4 Å². The van der Waals surface area contributed by atoms with Crippen LogP contribution in [0.2, 0.25) is 0 Å². The van der Waals surface area contributed by atoms with E-state index in [9.17, 15) is 32.7 Å². The SMILES string of the molecule is CC(=N)N1CCC(Oc2ccc(N(CC(=O)Nc3cc(C(=N)N)ccc3O)C(=O)CCC(=O)O)cc2C(F)(F)F)CC1. The number of nitrogens with zero attached hydrogens (tertiary/aromatic N) is 2. The number of carbonyl (C=O) groups is 3. The van der Waals surface area contributed by atoms with Crippen LogP contribution < -0.4 is 20.7 Å². The van der Waals surface area contributed by atoms with E-state index in [1.807, 2.05) is 0 Å². The van der Waals surface area contributed by atoms with Crippen LogP contribution >= 0.6 is 0 Å². The number of amides is 2. The molecule has 1 aliphatic rings. The zero-order chi connectivity index (χ0) is 31.2. The summed E-state index contributed by atoms with van der Waals surface area (Å²) >= 11 is 0. The number of aromatic hydroxyl groups is 1. The van der Waals surface area contributed by atoms with E-state index in [1.54, 1.807) is 11.8 Å². The number of carbonyl (C=O) groups excluding carboxylic acids is 2. The second-order valence-electron chi connectivity index (χ2n) is 9.64. The standard InChI is InChI=1S/C27H31F3N6O6/c1-15(31)35-10-8-18(9-11-35)42-22-5-3-17(13-19(22)27(28,29)30)36(24(39)6-7-25(40)41)14-23(38)34-20-12-16(26(32)33)2-4-21(20)37/h2-5,12-13,18,31,37H,6-11,14H2,1H3,(H3,32,33)(H,34,38)(H,40,41). The number of carboxylic acid groups (broad SMARTS) is 1. The third-order valence-corrected chi connectivity index (χ3v) is 6.53. The van der Waals surface area contributed by atoms with Crippen molar-refractivity contribution in [2.75, 3.05) is 29.9 Å². The van der Waals surface area contributed by atoms with Crippen LogP contribution in [-0.2, 0) is 20.6 Å². The molecule has 42 heavy (non-hydrogen) atoms. The molecule has 1 saturated heterocycles. The Kier molecular flexibility index (Phi) is 9.99. The van der Waals surface area contributed by atoms with Crippen molar-refractivity contribution in [1.29, 1.82) is 10.8 Å². The zero-order valence-electron chi connectivity index (χ0n) is 22.6. The van der Waals surface area contributed by atoms with Crippen LogP contribution in [0.25, 0.3) is 0 Å². The highest BCUT2D eigenvalue weighted by Crippen LogP contribution is 2.40. The van der Waals surface area contributed by atoms with Gasteiger partial charge in [0.25, 0.3) is 0 Å². The molecule has 2 aromatic rings. The van der Waals surface area contributed by atoms with Crippen molar-refractivity contribution in [3.8, 4) is 11.5 Å². The Balaban J connectivity index is 1.89. The fraction of sp³-hybridized carbons (Fsp3) is 0.370. The average Bonchev–Trinajstić information content (AvgIpc) is 2.91. The normalized spacial score (nSPS) is 13.8. The number of nitrogen functional groups attached to an aromatic ring is 1. The van der Waals surface area contributed by atoms with Crippen LogP contribution in [0.1, 0.15) is 43.7 Å². The van der Waals surface area contributed by atoms with Gasteiger partial charge in [0.05, 0.1) is 23.5 Å². The van der Waals surface area contributed by atoms with Crippen molar-refractivity contribution < 1.29 is 42.5 Å². The van der Waals surface area contributed by atoms with E-state index in [-0.39, 0.29) is 28.5 Å². The number of alkyl halides is 3. The van der Waals surface area contributed by atoms with Crippen molar-refractivity contribution >= 4 is 40.8 Å². The summed E-state index contributed by atoms with van der Waals surface area (Å²) in [5.74, 6) is -4.02. The number of carboxylic acids is 1. The van der Waals surface area contributed by atoms with Gasteiger partial charge in [-0.15, -0.1) is 0 Å². The van der Waals surface area contributed by atoms with E-state index < -0.39 is 60.8 Å². The molecule has 1 heterocycles. The number of nitrogens with one attached hydrogen (secondary N) is 3. The van der Waals surface area contributed by atoms with Crippen LogP contribution in [0.5, 0.6) is 11.5 Å². The Morgan fingerprint density at radius 1 is 1.12 bits per heavy atom. The van der Waals surface area contributed by atoms with Crippen LogP contribution in [0.3, 0.4) is 0 Å². The number of phenolic OH excluding ortho intramolecular Hbond substituents is 1. The maximum atomic E-state index is 14.1. The topological polar surface area (TPSA) is 193 Å². The smallest absolute Gasteiger partial charge is 0.420 e. The molecule has 0 bridgehead atoms. The number of hydrogen-bond donors (Lipinski definition) is 6. The van der Waals surface area contributed by atoms with E-state index in [1.165, 1.54) is 24.3 Å². The lowest BCUT2D eigenvalue weighted by atomic mass is 10.1. The number of amidine groups is 2. The molecule has 3 rings (SSSR count). The van der Waals surface area contributed by atoms with Gasteiger partial charge in [-0.1, -0.05) is 0 Å².